The van der Waals surface area contributed by atoms with Crippen LogP contribution in [0.1, 0.15) is 12.0 Å². The second-order valence-corrected chi connectivity index (χ2v) is 6.74. The smallest absolute Gasteiger partial charge is 0.244 e. The standard InChI is InChI=1S/C22H25N5O/c1-26(2)15-7-14-24-21(28)12-11-19-17-27(20-9-4-3-5-10-20)25-22(19)18-8-6-13-23-16-18/h3-6,8-13,16-17H,7,14-15H2,1-2H3,(H,24,28)/b12-11+. The lowest BCUT2D eigenvalue weighted by molar-refractivity contribution is -0.116. The van der Waals surface area contributed by atoms with Gasteiger partial charge in [-0.05, 0) is 57.4 Å². The maximum atomic E-state index is 12.1. The van der Waals surface area contributed by atoms with Crippen LogP contribution in [0, 0.1) is 0 Å². The van der Waals surface area contributed by atoms with Crippen molar-refractivity contribution in [1.29, 1.82) is 0 Å². The quantitative estimate of drug-likeness (QED) is 0.486. The van der Waals surface area contributed by atoms with Crippen LogP contribution in [0.3, 0.4) is 0 Å². The van der Waals surface area contributed by atoms with Crippen LogP contribution >= 0.6 is 0 Å². The maximum absolute atomic E-state index is 12.1. The molecule has 3 aromatic rings. The molecule has 0 saturated carbocycles. The molecule has 6 heteroatoms. The van der Waals surface area contributed by atoms with Crippen LogP contribution in [-0.2, 0) is 4.79 Å². The van der Waals surface area contributed by atoms with Gasteiger partial charge in [0.1, 0.15) is 5.69 Å². The molecule has 0 atom stereocenters. The summed E-state index contributed by atoms with van der Waals surface area (Å²) in [5.74, 6) is -0.108. The highest BCUT2D eigenvalue weighted by Crippen LogP contribution is 2.24. The van der Waals surface area contributed by atoms with E-state index in [0.29, 0.717) is 6.54 Å². The molecule has 0 fully saturated rings. The minimum absolute atomic E-state index is 0.108. The molecule has 0 radical (unpaired) electrons. The van der Waals surface area contributed by atoms with Gasteiger partial charge in [0.2, 0.25) is 5.91 Å². The summed E-state index contributed by atoms with van der Waals surface area (Å²) in [6.07, 6.45) is 9.70. The minimum Gasteiger partial charge on any atom is -0.353 e. The van der Waals surface area contributed by atoms with E-state index in [1.165, 1.54) is 0 Å². The lowest BCUT2D eigenvalue weighted by Crippen LogP contribution is -2.25. The Labute approximate surface area is 165 Å². The molecule has 1 aromatic carbocycles. The Morgan fingerprint density at radius 1 is 1.18 bits per heavy atom. The van der Waals surface area contributed by atoms with E-state index in [1.807, 2.05) is 67.4 Å². The summed E-state index contributed by atoms with van der Waals surface area (Å²) in [5.41, 5.74) is 3.51. The first-order valence-corrected chi connectivity index (χ1v) is 9.29. The number of nitrogens with one attached hydrogen (secondary N) is 1. The largest absolute Gasteiger partial charge is 0.353 e. The van der Waals surface area contributed by atoms with Crippen molar-refractivity contribution in [1.82, 2.24) is 25.0 Å². The Hall–Kier alpha value is -3.25. The Bertz CT molecular complexity index is 917. The number of aromatic nitrogens is 3. The Balaban J connectivity index is 1.79. The van der Waals surface area contributed by atoms with Crippen molar-refractivity contribution in [2.75, 3.05) is 27.2 Å². The van der Waals surface area contributed by atoms with Crippen molar-refractivity contribution in [2.24, 2.45) is 0 Å². The third-order valence-corrected chi connectivity index (χ3v) is 4.19. The topological polar surface area (TPSA) is 63.1 Å². The molecule has 0 aliphatic rings. The Morgan fingerprint density at radius 2 is 2.00 bits per heavy atom. The van der Waals surface area contributed by atoms with Crippen molar-refractivity contribution >= 4 is 12.0 Å². The highest BCUT2D eigenvalue weighted by atomic mass is 16.1. The highest BCUT2D eigenvalue weighted by molar-refractivity contribution is 5.92. The number of para-hydroxylation sites is 1. The van der Waals surface area contributed by atoms with Crippen LogP contribution in [-0.4, -0.2) is 52.8 Å². The van der Waals surface area contributed by atoms with Gasteiger partial charge in [0.25, 0.3) is 0 Å². The van der Waals surface area contributed by atoms with Crippen LogP contribution in [0.2, 0.25) is 0 Å². The van der Waals surface area contributed by atoms with Gasteiger partial charge < -0.3 is 10.2 Å². The third kappa shape index (κ3) is 5.37. The van der Waals surface area contributed by atoms with E-state index in [9.17, 15) is 4.79 Å². The fraction of sp³-hybridized carbons (Fsp3) is 0.227. The average molecular weight is 375 g/mol. The molecule has 144 valence electrons. The zero-order chi connectivity index (χ0) is 19.8. The first-order chi connectivity index (χ1) is 13.6. The van der Waals surface area contributed by atoms with Gasteiger partial charge in [-0.25, -0.2) is 4.68 Å². The average Bonchev–Trinajstić information content (AvgIpc) is 3.15. The van der Waals surface area contributed by atoms with Gasteiger partial charge in [-0.3, -0.25) is 9.78 Å². The number of hydrogen-bond donors (Lipinski definition) is 1. The summed E-state index contributed by atoms with van der Waals surface area (Å²) in [6, 6.07) is 13.7. The molecule has 0 saturated heterocycles. The summed E-state index contributed by atoms with van der Waals surface area (Å²) in [7, 11) is 4.04. The summed E-state index contributed by atoms with van der Waals surface area (Å²) in [4.78, 5) is 18.4. The molecule has 1 N–H and O–H groups in total. The van der Waals surface area contributed by atoms with E-state index in [4.69, 9.17) is 5.10 Å². The van der Waals surface area contributed by atoms with Crippen molar-refractivity contribution in [3.63, 3.8) is 0 Å². The van der Waals surface area contributed by atoms with Crippen LogP contribution in [0.5, 0.6) is 0 Å². The highest BCUT2D eigenvalue weighted by Gasteiger charge is 2.11. The molecule has 1 amide bonds. The van der Waals surface area contributed by atoms with E-state index in [1.54, 1.807) is 24.5 Å². The third-order valence-electron chi connectivity index (χ3n) is 4.19. The van der Waals surface area contributed by atoms with Crippen molar-refractivity contribution in [2.45, 2.75) is 6.42 Å². The fourth-order valence-corrected chi connectivity index (χ4v) is 2.78. The summed E-state index contributed by atoms with van der Waals surface area (Å²) >= 11 is 0. The zero-order valence-electron chi connectivity index (χ0n) is 16.2. The number of rotatable bonds is 8. The lowest BCUT2D eigenvalue weighted by atomic mass is 10.1. The number of pyridine rings is 1. The number of carbonyl (C=O) groups excluding carboxylic acids is 1. The van der Waals surface area contributed by atoms with E-state index >= 15 is 0 Å². The summed E-state index contributed by atoms with van der Waals surface area (Å²) < 4.78 is 1.82. The molecular formula is C22H25N5O. The van der Waals surface area contributed by atoms with E-state index < -0.39 is 0 Å². The molecule has 0 aliphatic carbocycles. The Kier molecular flexibility index (Phi) is 6.70. The summed E-state index contributed by atoms with van der Waals surface area (Å²) in [5, 5.41) is 7.63. The first-order valence-electron chi connectivity index (χ1n) is 9.29. The van der Waals surface area contributed by atoms with Crippen molar-refractivity contribution in [3.05, 3.63) is 72.7 Å². The molecule has 0 aliphatic heterocycles. The maximum Gasteiger partial charge on any atom is 0.244 e. The van der Waals surface area contributed by atoms with Gasteiger partial charge >= 0.3 is 0 Å². The number of amides is 1. The molecule has 2 aromatic heterocycles. The molecule has 2 heterocycles. The number of carbonyl (C=O) groups is 1. The number of nitrogens with zero attached hydrogens (tertiary/aromatic N) is 4. The fourth-order valence-electron chi connectivity index (χ4n) is 2.78. The summed E-state index contributed by atoms with van der Waals surface area (Å²) in [6.45, 7) is 1.60. The monoisotopic (exact) mass is 375 g/mol. The Morgan fingerprint density at radius 3 is 2.71 bits per heavy atom. The number of benzene rings is 1. The van der Waals surface area contributed by atoms with E-state index in [2.05, 4.69) is 15.2 Å². The molecule has 0 bridgehead atoms. The van der Waals surface area contributed by atoms with Crippen molar-refractivity contribution in [3.8, 4) is 16.9 Å². The minimum atomic E-state index is -0.108. The van der Waals surface area contributed by atoms with Crippen LogP contribution in [0.25, 0.3) is 23.0 Å². The second-order valence-electron chi connectivity index (χ2n) is 6.74. The van der Waals surface area contributed by atoms with Gasteiger partial charge in [-0.2, -0.15) is 5.10 Å². The normalized spacial score (nSPS) is 11.2. The van der Waals surface area contributed by atoms with Crippen LogP contribution in [0.15, 0.2) is 67.1 Å². The van der Waals surface area contributed by atoms with Gasteiger partial charge in [0, 0.05) is 42.3 Å². The van der Waals surface area contributed by atoms with Crippen LogP contribution in [0.4, 0.5) is 0 Å². The predicted molar refractivity (Wildman–Crippen MR) is 112 cm³/mol. The molecule has 3 rings (SSSR count). The van der Waals surface area contributed by atoms with E-state index in [0.717, 1.165) is 35.5 Å². The molecule has 28 heavy (non-hydrogen) atoms. The molecule has 0 unspecified atom stereocenters. The van der Waals surface area contributed by atoms with Gasteiger partial charge in [-0.15, -0.1) is 0 Å². The molecular weight excluding hydrogens is 350 g/mol. The van der Waals surface area contributed by atoms with E-state index in [-0.39, 0.29) is 5.91 Å². The molecule has 6 nitrogen and oxygen atoms in total. The SMILES string of the molecule is CN(C)CCCNC(=O)/C=C/c1cn(-c2ccccc2)nc1-c1cccnc1. The van der Waals surface area contributed by atoms with Crippen molar-refractivity contribution < 1.29 is 4.79 Å². The van der Waals surface area contributed by atoms with Gasteiger partial charge in [-0.1, -0.05) is 18.2 Å². The zero-order valence-corrected chi connectivity index (χ0v) is 16.2. The molecule has 0 spiro atoms. The van der Waals surface area contributed by atoms with Gasteiger partial charge in [0.15, 0.2) is 0 Å². The predicted octanol–water partition coefficient (Wildman–Crippen LogP) is 3.02. The first kappa shape index (κ1) is 19.5. The number of hydrogen-bond acceptors (Lipinski definition) is 4. The van der Waals surface area contributed by atoms with Crippen LogP contribution < -0.4 is 5.32 Å². The van der Waals surface area contributed by atoms with Gasteiger partial charge in [0.05, 0.1) is 5.69 Å². The second kappa shape index (κ2) is 9.62. The lowest BCUT2D eigenvalue weighted by Gasteiger charge is -2.08.